The number of rotatable bonds is 14. The van der Waals surface area contributed by atoms with Crippen molar-refractivity contribution in [1.29, 1.82) is 5.26 Å². The number of nitriles is 1. The van der Waals surface area contributed by atoms with Crippen molar-refractivity contribution < 1.29 is 32.1 Å². The van der Waals surface area contributed by atoms with E-state index in [1.54, 1.807) is 23.9 Å². The molecule has 0 saturated heterocycles. The van der Waals surface area contributed by atoms with Crippen molar-refractivity contribution in [3.8, 4) is 28.8 Å². The van der Waals surface area contributed by atoms with Gasteiger partial charge in [0.05, 0.1) is 48.6 Å². The molecule has 0 amide bonds. The Balaban J connectivity index is 0.00000287. The summed E-state index contributed by atoms with van der Waals surface area (Å²) in [6.07, 6.45) is 9.15. The molecule has 0 aliphatic rings. The Hall–Kier alpha value is -2.60. The molecule has 2 aromatic heterocycles. The standard InChI is InChI=1S/C25H33ClN4O7S2.C2H6/c1-33-7-8-36-16-37-21-11-18(19(26)12-20(21)34-2)23-22-17(13-27)14-30(15-35-9-10-38(3,4)5)24(22)29-25(28-23)39(6,31)32;1-2/h11-12,14H,7-10,15-16H2,1-6H3;1-2H3. The van der Waals surface area contributed by atoms with Gasteiger partial charge >= 0.3 is 0 Å². The van der Waals surface area contributed by atoms with Crippen LogP contribution in [0.2, 0.25) is 5.02 Å². The molecule has 2 heterocycles. The maximum atomic E-state index is 12.6. The Kier molecular flexibility index (Phi) is 13.1. The van der Waals surface area contributed by atoms with Crippen molar-refractivity contribution in [1.82, 2.24) is 14.5 Å². The summed E-state index contributed by atoms with van der Waals surface area (Å²) in [4.78, 5) is 8.64. The molecule has 0 spiro atoms. The lowest BCUT2D eigenvalue weighted by Gasteiger charge is -2.24. The van der Waals surface area contributed by atoms with Gasteiger partial charge in [-0.1, -0.05) is 25.4 Å². The highest BCUT2D eigenvalue weighted by molar-refractivity contribution is 8.32. The molecule has 3 aromatic rings. The highest BCUT2D eigenvalue weighted by Gasteiger charge is 2.25. The van der Waals surface area contributed by atoms with Gasteiger partial charge in [-0.05, 0) is 24.8 Å². The van der Waals surface area contributed by atoms with Gasteiger partial charge in [-0.25, -0.2) is 23.4 Å². The summed E-state index contributed by atoms with van der Waals surface area (Å²) in [5.41, 5.74) is 0.959. The highest BCUT2D eigenvalue weighted by Crippen LogP contribution is 2.41. The van der Waals surface area contributed by atoms with E-state index in [2.05, 4.69) is 34.8 Å². The molecule has 41 heavy (non-hydrogen) atoms. The van der Waals surface area contributed by atoms with Gasteiger partial charge in [0, 0.05) is 36.9 Å². The Bertz CT molecular complexity index is 1470. The second-order valence-corrected chi connectivity index (χ2v) is 16.3. The average Bonchev–Trinajstić information content (AvgIpc) is 3.29. The first kappa shape index (κ1) is 34.6. The minimum atomic E-state index is -3.83. The van der Waals surface area contributed by atoms with Crippen LogP contribution < -0.4 is 9.47 Å². The summed E-state index contributed by atoms with van der Waals surface area (Å²) in [7, 11) is -1.56. The maximum Gasteiger partial charge on any atom is 0.249 e. The van der Waals surface area contributed by atoms with Crippen LogP contribution in [0.1, 0.15) is 19.4 Å². The average molecular weight is 631 g/mol. The van der Waals surface area contributed by atoms with Gasteiger partial charge in [-0.15, -0.1) is 0 Å². The van der Waals surface area contributed by atoms with Gasteiger partial charge in [0.25, 0.3) is 0 Å². The normalized spacial score (nSPS) is 12.0. The van der Waals surface area contributed by atoms with Crippen LogP contribution >= 0.6 is 21.6 Å². The molecule has 0 fully saturated rings. The van der Waals surface area contributed by atoms with Gasteiger partial charge in [0.1, 0.15) is 18.4 Å². The molecular weight excluding hydrogens is 592 g/mol. The number of fused-ring (bicyclic) bond motifs is 1. The molecule has 0 aliphatic heterocycles. The van der Waals surface area contributed by atoms with Crippen LogP contribution in [-0.4, -0.2) is 94.6 Å². The van der Waals surface area contributed by atoms with Crippen LogP contribution in [0.3, 0.4) is 0 Å². The molecule has 0 saturated carbocycles. The van der Waals surface area contributed by atoms with Gasteiger partial charge < -0.3 is 28.3 Å². The third kappa shape index (κ3) is 9.46. The molecule has 0 aliphatic carbocycles. The number of nitrogens with zero attached hydrogens (tertiary/aromatic N) is 4. The van der Waals surface area contributed by atoms with Crippen LogP contribution in [0.15, 0.2) is 23.5 Å². The van der Waals surface area contributed by atoms with Crippen LogP contribution in [0.25, 0.3) is 22.3 Å². The fourth-order valence-corrected chi connectivity index (χ4v) is 4.85. The minimum absolute atomic E-state index is 0.0802. The third-order valence-corrected chi connectivity index (χ3v) is 8.01. The van der Waals surface area contributed by atoms with Crippen molar-refractivity contribution in [3.05, 3.63) is 28.9 Å². The fraction of sp³-hybridized carbons (Fsp3) is 0.519. The Morgan fingerprint density at radius 2 is 1.71 bits per heavy atom. The Morgan fingerprint density at radius 3 is 2.29 bits per heavy atom. The van der Waals surface area contributed by atoms with Crippen molar-refractivity contribution in [3.63, 3.8) is 0 Å². The quantitative estimate of drug-likeness (QED) is 0.140. The zero-order valence-electron chi connectivity index (χ0n) is 24.8. The van der Waals surface area contributed by atoms with E-state index in [1.807, 2.05) is 13.8 Å². The number of ether oxygens (including phenoxy) is 5. The van der Waals surface area contributed by atoms with E-state index in [1.165, 1.54) is 13.2 Å². The maximum absolute atomic E-state index is 12.6. The number of sulfone groups is 1. The molecule has 11 nitrogen and oxygen atoms in total. The minimum Gasteiger partial charge on any atom is -0.493 e. The zero-order chi connectivity index (χ0) is 30.8. The number of methoxy groups -OCH3 is 2. The molecule has 0 bridgehead atoms. The summed E-state index contributed by atoms with van der Waals surface area (Å²) in [6, 6.07) is 5.24. The summed E-state index contributed by atoms with van der Waals surface area (Å²) in [6.45, 7) is 5.21. The Labute approximate surface area is 248 Å². The zero-order valence-corrected chi connectivity index (χ0v) is 27.2. The first-order chi connectivity index (χ1) is 19.4. The van der Waals surface area contributed by atoms with Crippen molar-refractivity contribution >= 4 is 42.5 Å². The van der Waals surface area contributed by atoms with E-state index in [4.69, 9.17) is 35.3 Å². The molecule has 14 heteroatoms. The van der Waals surface area contributed by atoms with E-state index >= 15 is 0 Å². The molecule has 3 rings (SSSR count). The van der Waals surface area contributed by atoms with Crippen LogP contribution in [0.4, 0.5) is 0 Å². The first-order valence-electron chi connectivity index (χ1n) is 12.7. The van der Waals surface area contributed by atoms with E-state index in [-0.39, 0.29) is 41.2 Å². The van der Waals surface area contributed by atoms with Crippen LogP contribution in [0.5, 0.6) is 11.5 Å². The van der Waals surface area contributed by atoms with Gasteiger partial charge in [-0.2, -0.15) is 10.2 Å². The summed E-state index contributed by atoms with van der Waals surface area (Å²) < 4.78 is 54.1. The van der Waals surface area contributed by atoms with E-state index < -0.39 is 25.0 Å². The number of hydrogen-bond acceptors (Lipinski definition) is 10. The van der Waals surface area contributed by atoms with Crippen molar-refractivity contribution in [2.45, 2.75) is 25.7 Å². The number of halogens is 1. The molecule has 228 valence electrons. The number of aromatic nitrogens is 3. The lowest BCUT2D eigenvalue weighted by atomic mass is 10.1. The summed E-state index contributed by atoms with van der Waals surface area (Å²) in [5, 5.41) is 10.1. The second kappa shape index (κ2) is 15.6. The third-order valence-electron chi connectivity index (χ3n) is 5.46. The largest absolute Gasteiger partial charge is 0.493 e. The highest BCUT2D eigenvalue weighted by atomic mass is 35.5. The molecule has 0 atom stereocenters. The van der Waals surface area contributed by atoms with E-state index in [0.29, 0.717) is 36.5 Å². The fourth-order valence-electron chi connectivity index (χ4n) is 3.48. The molecule has 0 N–H and O–H groups in total. The molecular formula is C27H39ClN4O7S2. The SMILES string of the molecule is CC.COCCOCOc1cc(-c2nc(S(C)(=O)=O)nc3c2c(C#N)cn3COCCS(C)(C)C)c(Cl)cc1OC. The lowest BCUT2D eigenvalue weighted by molar-refractivity contribution is -0.00942. The van der Waals surface area contributed by atoms with Crippen molar-refractivity contribution in [2.75, 3.05) is 71.6 Å². The number of hydrogen-bond donors (Lipinski definition) is 0. The second-order valence-electron chi connectivity index (χ2n) is 9.43. The predicted octanol–water partition coefficient (Wildman–Crippen LogP) is 4.73. The Morgan fingerprint density at radius 1 is 1.00 bits per heavy atom. The van der Waals surface area contributed by atoms with Gasteiger partial charge in [0.15, 0.2) is 18.3 Å². The lowest BCUT2D eigenvalue weighted by Crippen LogP contribution is -2.11. The predicted molar refractivity (Wildman–Crippen MR) is 163 cm³/mol. The van der Waals surface area contributed by atoms with E-state index in [0.717, 1.165) is 12.0 Å². The number of benzene rings is 1. The van der Waals surface area contributed by atoms with Crippen LogP contribution in [0, 0.1) is 11.3 Å². The van der Waals surface area contributed by atoms with Gasteiger partial charge in [0.2, 0.25) is 15.0 Å². The first-order valence-corrected chi connectivity index (χ1v) is 18.0. The summed E-state index contributed by atoms with van der Waals surface area (Å²) >= 11 is 6.63. The van der Waals surface area contributed by atoms with E-state index in [9.17, 15) is 13.7 Å². The molecule has 0 radical (unpaired) electrons. The molecule has 1 aromatic carbocycles. The summed E-state index contributed by atoms with van der Waals surface area (Å²) in [5.74, 6) is 1.51. The van der Waals surface area contributed by atoms with Gasteiger partial charge in [-0.3, -0.25) is 0 Å². The monoisotopic (exact) mass is 630 g/mol. The van der Waals surface area contributed by atoms with Crippen LogP contribution in [-0.2, 0) is 30.8 Å². The van der Waals surface area contributed by atoms with Crippen molar-refractivity contribution in [2.24, 2.45) is 0 Å². The smallest absolute Gasteiger partial charge is 0.249 e. The topological polar surface area (TPSA) is 135 Å². The molecule has 0 unspecified atom stereocenters.